The Hall–Kier alpha value is -2.75. The highest BCUT2D eigenvalue weighted by atomic mass is 16.5. The number of rotatable bonds is 4. The maximum Gasteiger partial charge on any atom is 0.158 e. The fourth-order valence-corrected chi connectivity index (χ4v) is 1.95. The molecule has 20 heavy (non-hydrogen) atoms. The molecule has 3 rings (SSSR count). The first kappa shape index (κ1) is 12.3. The van der Waals surface area contributed by atoms with Gasteiger partial charge in [-0.05, 0) is 17.7 Å². The molecule has 0 amide bonds. The van der Waals surface area contributed by atoms with Crippen LogP contribution in [0.1, 0.15) is 5.56 Å². The molecule has 0 aliphatic rings. The lowest BCUT2D eigenvalue weighted by molar-refractivity contribution is 0.306. The van der Waals surface area contributed by atoms with Crippen LogP contribution < -0.4 is 10.5 Å². The van der Waals surface area contributed by atoms with Gasteiger partial charge in [0, 0.05) is 0 Å². The Labute approximate surface area is 117 Å². The molecule has 100 valence electrons. The Bertz CT molecular complexity index is 692. The Morgan fingerprint density at radius 1 is 1.00 bits per heavy atom. The molecule has 2 N–H and O–H groups in total. The predicted octanol–water partition coefficient (Wildman–Crippen LogP) is 3.03. The zero-order valence-corrected chi connectivity index (χ0v) is 10.9. The first-order valence-electron chi connectivity index (χ1n) is 6.39. The van der Waals surface area contributed by atoms with Crippen LogP contribution >= 0.6 is 0 Å². The van der Waals surface area contributed by atoms with E-state index in [1.54, 1.807) is 10.9 Å². The van der Waals surface area contributed by atoms with E-state index in [1.165, 1.54) is 0 Å². The maximum atomic E-state index is 5.93. The molecule has 3 aromatic rings. The van der Waals surface area contributed by atoms with Crippen molar-refractivity contribution >= 4 is 5.69 Å². The van der Waals surface area contributed by atoms with Crippen molar-refractivity contribution in [2.24, 2.45) is 0 Å². The van der Waals surface area contributed by atoms with Crippen molar-refractivity contribution in [3.8, 4) is 11.4 Å². The molecule has 2 aromatic carbocycles. The van der Waals surface area contributed by atoms with Gasteiger partial charge in [0.05, 0.1) is 23.8 Å². The molecule has 0 atom stereocenters. The first-order valence-corrected chi connectivity index (χ1v) is 6.39. The molecule has 0 aliphatic heterocycles. The number of nitrogens with two attached hydrogens (primary N) is 1. The van der Waals surface area contributed by atoms with Gasteiger partial charge in [0.1, 0.15) is 6.61 Å². The van der Waals surface area contributed by atoms with Gasteiger partial charge >= 0.3 is 0 Å². The number of hydrogen-bond acceptors (Lipinski definition) is 3. The molecule has 0 unspecified atom stereocenters. The van der Waals surface area contributed by atoms with E-state index in [9.17, 15) is 0 Å². The molecule has 0 saturated carbocycles. The number of ether oxygens (including phenoxy) is 1. The Balaban J connectivity index is 1.73. The van der Waals surface area contributed by atoms with E-state index in [0.717, 1.165) is 17.0 Å². The summed E-state index contributed by atoms with van der Waals surface area (Å²) in [5, 5.41) is 4.27. The summed E-state index contributed by atoms with van der Waals surface area (Å²) < 4.78 is 7.43. The van der Waals surface area contributed by atoms with E-state index in [0.29, 0.717) is 12.3 Å². The van der Waals surface area contributed by atoms with Gasteiger partial charge < -0.3 is 10.5 Å². The van der Waals surface area contributed by atoms with Crippen LogP contribution in [0.25, 0.3) is 5.69 Å². The third-order valence-electron chi connectivity index (χ3n) is 2.99. The summed E-state index contributed by atoms with van der Waals surface area (Å²) in [6.07, 6.45) is 3.52. The van der Waals surface area contributed by atoms with Crippen molar-refractivity contribution in [3.63, 3.8) is 0 Å². The number of hydrogen-bond donors (Lipinski definition) is 1. The molecule has 1 aromatic heterocycles. The summed E-state index contributed by atoms with van der Waals surface area (Å²) in [6, 6.07) is 17.6. The number of anilines is 1. The van der Waals surface area contributed by atoms with E-state index in [4.69, 9.17) is 10.5 Å². The predicted molar refractivity (Wildman–Crippen MR) is 78.8 cm³/mol. The summed E-state index contributed by atoms with van der Waals surface area (Å²) in [7, 11) is 0. The molecule has 4 heteroatoms. The highest BCUT2D eigenvalue weighted by Crippen LogP contribution is 2.19. The van der Waals surface area contributed by atoms with Gasteiger partial charge in [0.25, 0.3) is 0 Å². The summed E-state index contributed by atoms with van der Waals surface area (Å²) in [6.45, 7) is 0.525. The fourth-order valence-electron chi connectivity index (χ4n) is 1.95. The van der Waals surface area contributed by atoms with Crippen LogP contribution in [-0.4, -0.2) is 9.78 Å². The molecule has 0 fully saturated rings. The second-order valence-corrected chi connectivity index (χ2v) is 4.45. The summed E-state index contributed by atoms with van der Waals surface area (Å²) in [4.78, 5) is 0. The van der Waals surface area contributed by atoms with Crippen molar-refractivity contribution in [1.82, 2.24) is 9.78 Å². The third-order valence-corrected chi connectivity index (χ3v) is 2.99. The van der Waals surface area contributed by atoms with Gasteiger partial charge in [-0.2, -0.15) is 5.10 Å². The largest absolute Gasteiger partial charge is 0.486 e. The normalized spacial score (nSPS) is 10.4. The zero-order chi connectivity index (χ0) is 13.8. The zero-order valence-electron chi connectivity index (χ0n) is 10.9. The van der Waals surface area contributed by atoms with Crippen LogP contribution in [0.5, 0.6) is 5.75 Å². The van der Waals surface area contributed by atoms with Crippen molar-refractivity contribution in [2.45, 2.75) is 6.61 Å². The molecule has 0 aliphatic carbocycles. The summed E-state index contributed by atoms with van der Waals surface area (Å²) in [5.41, 5.74) is 8.58. The fraction of sp³-hybridized carbons (Fsp3) is 0.0625. The minimum absolute atomic E-state index is 0.525. The smallest absolute Gasteiger partial charge is 0.158 e. The van der Waals surface area contributed by atoms with Crippen LogP contribution in [0, 0.1) is 0 Å². The number of para-hydroxylation sites is 2. The van der Waals surface area contributed by atoms with E-state index in [-0.39, 0.29) is 0 Å². The van der Waals surface area contributed by atoms with E-state index in [2.05, 4.69) is 5.10 Å². The lowest BCUT2D eigenvalue weighted by Crippen LogP contribution is -1.99. The molecule has 1 heterocycles. The second kappa shape index (κ2) is 5.48. The lowest BCUT2D eigenvalue weighted by atomic mass is 10.2. The first-order chi connectivity index (χ1) is 9.83. The van der Waals surface area contributed by atoms with Gasteiger partial charge in [-0.15, -0.1) is 0 Å². The van der Waals surface area contributed by atoms with Crippen LogP contribution in [0.3, 0.4) is 0 Å². The highest BCUT2D eigenvalue weighted by Gasteiger charge is 2.04. The Morgan fingerprint density at radius 3 is 2.55 bits per heavy atom. The molecule has 0 spiro atoms. The van der Waals surface area contributed by atoms with Crippen molar-refractivity contribution in [3.05, 3.63) is 72.6 Å². The highest BCUT2D eigenvalue weighted by molar-refractivity contribution is 5.57. The molecule has 0 radical (unpaired) electrons. The number of nitrogens with zero attached hydrogens (tertiary/aromatic N) is 2. The van der Waals surface area contributed by atoms with Crippen molar-refractivity contribution < 1.29 is 4.74 Å². The number of aromatic nitrogens is 2. The molecule has 4 nitrogen and oxygen atoms in total. The monoisotopic (exact) mass is 265 g/mol. The lowest BCUT2D eigenvalue weighted by Gasteiger charge is -2.05. The molecule has 0 saturated heterocycles. The summed E-state index contributed by atoms with van der Waals surface area (Å²) >= 11 is 0. The van der Waals surface area contributed by atoms with Crippen LogP contribution in [0.15, 0.2) is 67.0 Å². The van der Waals surface area contributed by atoms with Gasteiger partial charge in [-0.1, -0.05) is 42.5 Å². The molecule has 0 bridgehead atoms. The van der Waals surface area contributed by atoms with E-state index in [1.807, 2.05) is 60.8 Å². The van der Waals surface area contributed by atoms with Crippen LogP contribution in [-0.2, 0) is 6.61 Å². The maximum absolute atomic E-state index is 5.93. The van der Waals surface area contributed by atoms with Gasteiger partial charge in [-0.3, -0.25) is 0 Å². The Morgan fingerprint density at radius 2 is 1.75 bits per heavy atom. The van der Waals surface area contributed by atoms with E-state index >= 15 is 0 Å². The van der Waals surface area contributed by atoms with Gasteiger partial charge in [0.15, 0.2) is 5.75 Å². The standard InChI is InChI=1S/C16H15N3O/c17-15-8-4-5-9-16(15)19-11-14(10-18-19)20-12-13-6-2-1-3-7-13/h1-11H,12,17H2. The van der Waals surface area contributed by atoms with Crippen molar-refractivity contribution in [1.29, 1.82) is 0 Å². The van der Waals surface area contributed by atoms with Crippen LogP contribution in [0.4, 0.5) is 5.69 Å². The minimum atomic E-state index is 0.525. The third kappa shape index (κ3) is 2.64. The molecular formula is C16H15N3O. The average molecular weight is 265 g/mol. The second-order valence-electron chi connectivity index (χ2n) is 4.45. The molecular weight excluding hydrogens is 250 g/mol. The van der Waals surface area contributed by atoms with Gasteiger partial charge in [0.2, 0.25) is 0 Å². The SMILES string of the molecule is Nc1ccccc1-n1cc(OCc2ccccc2)cn1. The topological polar surface area (TPSA) is 53.1 Å². The minimum Gasteiger partial charge on any atom is -0.486 e. The average Bonchev–Trinajstić information content (AvgIpc) is 2.95. The Kier molecular flexibility index (Phi) is 3.37. The summed E-state index contributed by atoms with van der Waals surface area (Å²) in [5.74, 6) is 0.720. The van der Waals surface area contributed by atoms with Crippen molar-refractivity contribution in [2.75, 3.05) is 5.73 Å². The van der Waals surface area contributed by atoms with Gasteiger partial charge in [-0.25, -0.2) is 4.68 Å². The van der Waals surface area contributed by atoms with E-state index < -0.39 is 0 Å². The van der Waals surface area contributed by atoms with Crippen LogP contribution in [0.2, 0.25) is 0 Å². The quantitative estimate of drug-likeness (QED) is 0.738. The number of benzene rings is 2. The number of nitrogen functional groups attached to an aromatic ring is 1.